The van der Waals surface area contributed by atoms with Gasteiger partial charge in [0.05, 0.1) is 0 Å². The average Bonchev–Trinajstić information content (AvgIpc) is 1.85. The van der Waals surface area contributed by atoms with Crippen LogP contribution >= 0.6 is 0 Å². The Balaban J connectivity index is 0. The van der Waals surface area contributed by atoms with Crippen molar-refractivity contribution in [2.45, 2.75) is 26.7 Å². The molecule has 0 bridgehead atoms. The molecule has 1 N–H and O–H groups in total. The summed E-state index contributed by atoms with van der Waals surface area (Å²) >= 11 is 8.25. The zero-order valence-corrected chi connectivity index (χ0v) is 8.82. The Morgan fingerprint density at radius 3 is 1.90 bits per heavy atom. The molecule has 0 aliphatic heterocycles. The normalized spacial score (nSPS) is 8.40. The largest absolute Gasteiger partial charge is 0.396 e. The Kier molecular flexibility index (Phi) is 16.3. The quantitative estimate of drug-likeness (QED) is 0.740. The zero-order chi connectivity index (χ0) is 8.41. The molecule has 0 radical (unpaired) electrons. The van der Waals surface area contributed by atoms with Crippen molar-refractivity contribution in [1.29, 1.82) is 0 Å². The molecule has 0 aromatic carbocycles. The van der Waals surface area contributed by atoms with Crippen LogP contribution in [-0.4, -0.2) is 11.7 Å². The van der Waals surface area contributed by atoms with Crippen LogP contribution in [0.1, 0.15) is 26.7 Å². The molecule has 62 valence electrons. The summed E-state index contributed by atoms with van der Waals surface area (Å²) in [4.78, 5) is 0. The molecule has 0 aromatic rings. The molecule has 1 nitrogen and oxygen atoms in total. The van der Waals surface area contributed by atoms with Gasteiger partial charge in [-0.2, -0.15) is 0 Å². The summed E-state index contributed by atoms with van der Waals surface area (Å²) in [7, 11) is 0.917. The Morgan fingerprint density at radius 2 is 1.80 bits per heavy atom. The maximum Gasteiger partial charge on any atom is 0.0431 e. The van der Waals surface area contributed by atoms with Gasteiger partial charge in [-0.05, 0) is 18.8 Å². The van der Waals surface area contributed by atoms with E-state index in [0.717, 1.165) is 27.6 Å². The second-order valence-corrected chi connectivity index (χ2v) is 4.10. The van der Waals surface area contributed by atoms with E-state index in [4.69, 9.17) is 5.11 Å². The Labute approximate surface area is 75.7 Å². The van der Waals surface area contributed by atoms with E-state index in [2.05, 4.69) is 36.2 Å². The van der Waals surface area contributed by atoms with Crippen LogP contribution in [0.15, 0.2) is 0 Å². The van der Waals surface area contributed by atoms with E-state index in [1.54, 1.807) is 0 Å². The van der Waals surface area contributed by atoms with Crippen molar-refractivity contribution in [1.82, 2.24) is 0 Å². The summed E-state index contributed by atoms with van der Waals surface area (Å²) in [6, 6.07) is 0. The van der Waals surface area contributed by atoms with Crippen LogP contribution in [0.2, 0.25) is 0 Å². The Bertz CT molecular complexity index is 87.0. The van der Waals surface area contributed by atoms with E-state index >= 15 is 0 Å². The lowest BCUT2D eigenvalue weighted by molar-refractivity contribution is 0.276. The summed E-state index contributed by atoms with van der Waals surface area (Å²) in [5.74, 6) is 0.743. The van der Waals surface area contributed by atoms with Crippen molar-refractivity contribution >= 4 is 31.3 Å². The molecule has 0 atom stereocenters. The third kappa shape index (κ3) is 23.4. The molecule has 0 saturated carbocycles. The summed E-state index contributed by atoms with van der Waals surface area (Å²) in [5, 5.41) is 8.32. The summed E-state index contributed by atoms with van der Waals surface area (Å²) in [6.45, 7) is 4.67. The van der Waals surface area contributed by atoms with E-state index in [-0.39, 0.29) is 0 Å². The number of rotatable bonds is 3. The highest BCUT2D eigenvalue weighted by atomic mass is 33.1. The predicted octanol–water partition coefficient (Wildman–Crippen LogP) is 1.41. The fourth-order valence-corrected chi connectivity index (χ4v) is 0.500. The second-order valence-electron chi connectivity index (χ2n) is 2.33. The molecule has 10 heavy (non-hydrogen) atoms. The van der Waals surface area contributed by atoms with Crippen LogP contribution in [0, 0.1) is 5.92 Å². The van der Waals surface area contributed by atoms with Crippen molar-refractivity contribution in [3.63, 3.8) is 0 Å². The Hall–Kier alpha value is 0.620. The van der Waals surface area contributed by atoms with Gasteiger partial charge >= 0.3 is 0 Å². The molecule has 0 fully saturated rings. The highest BCUT2D eigenvalue weighted by Crippen LogP contribution is 2.00. The van der Waals surface area contributed by atoms with Gasteiger partial charge in [0.1, 0.15) is 0 Å². The van der Waals surface area contributed by atoms with E-state index in [1.807, 2.05) is 0 Å². The molecule has 0 rings (SSSR count). The average molecular weight is 198 g/mol. The monoisotopic (exact) mass is 198 g/mol. The van der Waals surface area contributed by atoms with Gasteiger partial charge in [0.25, 0.3) is 0 Å². The van der Waals surface area contributed by atoms with Gasteiger partial charge in [-0.15, -0.1) is 0 Å². The Morgan fingerprint density at radius 1 is 1.40 bits per heavy atom. The molecule has 0 spiro atoms. The summed E-state index contributed by atoms with van der Waals surface area (Å²) in [5.41, 5.74) is 0. The maximum atomic E-state index is 8.32. The minimum Gasteiger partial charge on any atom is -0.396 e. The summed E-state index contributed by atoms with van der Waals surface area (Å²) in [6.07, 6.45) is 2.11. The van der Waals surface area contributed by atoms with Crippen molar-refractivity contribution in [3.05, 3.63) is 0 Å². The van der Waals surface area contributed by atoms with E-state index in [1.165, 1.54) is 0 Å². The molecule has 0 heterocycles. The van der Waals surface area contributed by atoms with Gasteiger partial charge in [-0.3, -0.25) is 0 Å². The highest BCUT2D eigenvalue weighted by molar-refractivity contribution is 8.37. The SMILES string of the molecule is CC(C)CCCO.S=S=S. The lowest BCUT2D eigenvalue weighted by atomic mass is 10.1. The number of hydrogen-bond donors (Lipinski definition) is 1. The van der Waals surface area contributed by atoms with Crippen molar-refractivity contribution < 1.29 is 5.11 Å². The minimum atomic E-state index is 0.345. The number of hydrogen-bond acceptors (Lipinski definition) is 3. The van der Waals surface area contributed by atoms with Gasteiger partial charge in [-0.25, -0.2) is 0 Å². The molecule has 0 aromatic heterocycles. The number of aliphatic hydroxyl groups is 1. The van der Waals surface area contributed by atoms with Crippen LogP contribution in [-0.2, 0) is 31.3 Å². The summed E-state index contributed by atoms with van der Waals surface area (Å²) < 4.78 is 0. The fourth-order valence-electron chi connectivity index (χ4n) is 0.500. The van der Waals surface area contributed by atoms with Gasteiger partial charge in [0.15, 0.2) is 0 Å². The highest BCUT2D eigenvalue weighted by Gasteiger charge is 1.89. The van der Waals surface area contributed by atoms with Crippen LogP contribution in [0.4, 0.5) is 0 Å². The first-order valence-electron chi connectivity index (χ1n) is 3.21. The standard InChI is InChI=1S/C6H14O.S3/c1-6(2)4-3-5-7;1-3-2/h6-7H,3-5H2,1-2H3;. The number of aliphatic hydroxyl groups excluding tert-OH is 1. The molecular formula is C6H14OS3. The van der Waals surface area contributed by atoms with Gasteiger partial charge < -0.3 is 5.11 Å². The van der Waals surface area contributed by atoms with E-state index in [9.17, 15) is 0 Å². The van der Waals surface area contributed by atoms with Crippen LogP contribution in [0.3, 0.4) is 0 Å². The minimum absolute atomic E-state index is 0.345. The molecule has 0 aliphatic rings. The van der Waals surface area contributed by atoms with Gasteiger partial charge in [0, 0.05) is 37.9 Å². The molecule has 0 unspecified atom stereocenters. The smallest absolute Gasteiger partial charge is 0.0431 e. The lowest BCUT2D eigenvalue weighted by Crippen LogP contribution is -1.89. The first-order chi connectivity index (χ1) is 4.68. The first kappa shape index (κ1) is 13.2. The molecule has 0 saturated heterocycles. The van der Waals surface area contributed by atoms with E-state index in [0.29, 0.717) is 6.61 Å². The predicted molar refractivity (Wildman–Crippen MR) is 53.3 cm³/mol. The first-order valence-corrected chi connectivity index (χ1v) is 5.88. The van der Waals surface area contributed by atoms with Crippen molar-refractivity contribution in [2.75, 3.05) is 6.61 Å². The molecule has 0 aliphatic carbocycles. The lowest BCUT2D eigenvalue weighted by Gasteiger charge is -1.98. The van der Waals surface area contributed by atoms with Crippen molar-refractivity contribution in [3.8, 4) is 0 Å². The molecular weight excluding hydrogens is 184 g/mol. The second kappa shape index (κ2) is 12.3. The van der Waals surface area contributed by atoms with Crippen LogP contribution in [0.5, 0.6) is 0 Å². The third-order valence-corrected chi connectivity index (χ3v) is 0.940. The van der Waals surface area contributed by atoms with Gasteiger partial charge in [-0.1, -0.05) is 13.8 Å². The fraction of sp³-hybridized carbons (Fsp3) is 1.00. The third-order valence-electron chi connectivity index (χ3n) is 0.940. The topological polar surface area (TPSA) is 20.2 Å². The van der Waals surface area contributed by atoms with Crippen LogP contribution < -0.4 is 0 Å². The van der Waals surface area contributed by atoms with Crippen LogP contribution in [0.25, 0.3) is 0 Å². The van der Waals surface area contributed by atoms with Gasteiger partial charge in [0.2, 0.25) is 0 Å². The van der Waals surface area contributed by atoms with E-state index < -0.39 is 0 Å². The molecule has 4 heteroatoms. The maximum absolute atomic E-state index is 8.32. The molecule has 0 amide bonds. The van der Waals surface area contributed by atoms with Crippen molar-refractivity contribution in [2.24, 2.45) is 5.92 Å². The zero-order valence-electron chi connectivity index (χ0n) is 6.37.